The molecule has 0 amide bonds. The van der Waals surface area contributed by atoms with Crippen molar-refractivity contribution in [2.75, 3.05) is 6.54 Å². The highest BCUT2D eigenvalue weighted by atomic mass is 16.3. The summed E-state index contributed by atoms with van der Waals surface area (Å²) in [5, 5.41) is 0. The Labute approximate surface area is 83.1 Å². The Morgan fingerprint density at radius 3 is 2.93 bits per heavy atom. The van der Waals surface area contributed by atoms with Crippen molar-refractivity contribution >= 4 is 0 Å². The molecule has 3 heteroatoms. The molecule has 14 heavy (non-hydrogen) atoms. The first-order valence-electron chi connectivity index (χ1n) is 4.70. The van der Waals surface area contributed by atoms with Crippen LogP contribution in [-0.4, -0.2) is 11.1 Å². The van der Waals surface area contributed by atoms with Gasteiger partial charge in [0, 0.05) is 25.0 Å². The predicted octanol–water partition coefficient (Wildman–Crippen LogP) is 1.79. The molecule has 2 aromatic rings. The lowest BCUT2D eigenvalue weighted by Crippen LogP contribution is -2.02. The van der Waals surface area contributed by atoms with Crippen LogP contribution in [0, 0.1) is 0 Å². The molecule has 0 spiro atoms. The Morgan fingerprint density at radius 2 is 2.29 bits per heavy atom. The van der Waals surface area contributed by atoms with Gasteiger partial charge in [0.2, 0.25) is 0 Å². The average molecular weight is 190 g/mol. The second-order valence-electron chi connectivity index (χ2n) is 3.38. The summed E-state index contributed by atoms with van der Waals surface area (Å²) in [5.41, 5.74) is 7.82. The fourth-order valence-electron chi connectivity index (χ4n) is 1.58. The fraction of sp³-hybridized carbons (Fsp3) is 0.273. The van der Waals surface area contributed by atoms with Crippen LogP contribution in [-0.2, 0) is 13.5 Å². The van der Waals surface area contributed by atoms with Gasteiger partial charge in [-0.15, -0.1) is 0 Å². The topological polar surface area (TPSA) is 44.1 Å². The van der Waals surface area contributed by atoms with Crippen LogP contribution in [0.15, 0.2) is 35.2 Å². The lowest BCUT2D eigenvalue weighted by Gasteiger charge is -1.97. The molecule has 2 aromatic heterocycles. The maximum atomic E-state index is 5.53. The summed E-state index contributed by atoms with van der Waals surface area (Å²) < 4.78 is 7.45. The predicted molar refractivity (Wildman–Crippen MR) is 55.9 cm³/mol. The van der Waals surface area contributed by atoms with Crippen LogP contribution in [0.4, 0.5) is 0 Å². The molecule has 2 heterocycles. The van der Waals surface area contributed by atoms with E-state index >= 15 is 0 Å². The van der Waals surface area contributed by atoms with Gasteiger partial charge >= 0.3 is 0 Å². The molecule has 3 nitrogen and oxygen atoms in total. The summed E-state index contributed by atoms with van der Waals surface area (Å²) in [4.78, 5) is 0. The maximum Gasteiger partial charge on any atom is 0.138 e. The molecular weight excluding hydrogens is 176 g/mol. The molecule has 0 atom stereocenters. The summed E-state index contributed by atoms with van der Waals surface area (Å²) in [6, 6.07) is 4.02. The number of nitrogens with zero attached hydrogens (tertiary/aromatic N) is 1. The first-order valence-corrected chi connectivity index (χ1v) is 4.70. The quantitative estimate of drug-likeness (QED) is 0.801. The number of aryl methyl sites for hydroxylation is 1. The van der Waals surface area contributed by atoms with Crippen LogP contribution in [0.25, 0.3) is 11.3 Å². The van der Waals surface area contributed by atoms with Gasteiger partial charge in [0.15, 0.2) is 0 Å². The van der Waals surface area contributed by atoms with Gasteiger partial charge in [0.1, 0.15) is 5.76 Å². The van der Waals surface area contributed by atoms with Gasteiger partial charge in [-0.2, -0.15) is 0 Å². The van der Waals surface area contributed by atoms with Crippen LogP contribution in [0.2, 0.25) is 0 Å². The van der Waals surface area contributed by atoms with E-state index in [0.29, 0.717) is 6.54 Å². The van der Waals surface area contributed by atoms with E-state index < -0.39 is 0 Å². The molecule has 0 aliphatic carbocycles. The zero-order valence-electron chi connectivity index (χ0n) is 8.23. The second-order valence-corrected chi connectivity index (χ2v) is 3.38. The van der Waals surface area contributed by atoms with Crippen molar-refractivity contribution in [2.45, 2.75) is 6.42 Å². The van der Waals surface area contributed by atoms with Gasteiger partial charge in [-0.1, -0.05) is 0 Å². The third-order valence-corrected chi connectivity index (χ3v) is 2.25. The highest BCUT2D eigenvalue weighted by molar-refractivity contribution is 5.60. The molecule has 0 bridgehead atoms. The number of aromatic nitrogens is 1. The summed E-state index contributed by atoms with van der Waals surface area (Å²) in [7, 11) is 2.00. The third kappa shape index (κ3) is 1.59. The van der Waals surface area contributed by atoms with Crippen molar-refractivity contribution in [1.82, 2.24) is 4.57 Å². The molecule has 0 unspecified atom stereocenters. The van der Waals surface area contributed by atoms with Crippen molar-refractivity contribution in [1.29, 1.82) is 0 Å². The first-order chi connectivity index (χ1) is 6.81. The SMILES string of the molecule is Cn1ccc(-c2occc2CCN)c1. The van der Waals surface area contributed by atoms with Gasteiger partial charge < -0.3 is 14.7 Å². The van der Waals surface area contributed by atoms with Crippen molar-refractivity contribution in [3.8, 4) is 11.3 Å². The van der Waals surface area contributed by atoms with Gasteiger partial charge in [-0.25, -0.2) is 0 Å². The largest absolute Gasteiger partial charge is 0.464 e. The molecule has 0 aliphatic heterocycles. The molecule has 0 saturated heterocycles. The van der Waals surface area contributed by atoms with E-state index in [1.165, 1.54) is 5.56 Å². The van der Waals surface area contributed by atoms with Crippen LogP contribution in [0.5, 0.6) is 0 Å². The van der Waals surface area contributed by atoms with Crippen LogP contribution >= 0.6 is 0 Å². The molecule has 2 N–H and O–H groups in total. The van der Waals surface area contributed by atoms with Gasteiger partial charge in [0.05, 0.1) is 6.26 Å². The highest BCUT2D eigenvalue weighted by Crippen LogP contribution is 2.25. The van der Waals surface area contributed by atoms with Crippen molar-refractivity contribution < 1.29 is 4.42 Å². The number of hydrogen-bond acceptors (Lipinski definition) is 2. The molecule has 0 aliphatic rings. The monoisotopic (exact) mass is 190 g/mol. The summed E-state index contributed by atoms with van der Waals surface area (Å²) in [5.74, 6) is 0.941. The molecule has 0 radical (unpaired) electrons. The minimum atomic E-state index is 0.652. The van der Waals surface area contributed by atoms with Gasteiger partial charge in [-0.05, 0) is 30.7 Å². The molecule has 0 aromatic carbocycles. The van der Waals surface area contributed by atoms with E-state index in [4.69, 9.17) is 10.2 Å². The van der Waals surface area contributed by atoms with E-state index in [-0.39, 0.29) is 0 Å². The third-order valence-electron chi connectivity index (χ3n) is 2.25. The number of furan rings is 1. The van der Waals surface area contributed by atoms with Crippen molar-refractivity contribution in [2.24, 2.45) is 12.8 Å². The minimum Gasteiger partial charge on any atom is -0.464 e. The van der Waals surface area contributed by atoms with E-state index in [1.807, 2.05) is 36.1 Å². The normalized spacial score (nSPS) is 10.7. The Bertz CT molecular complexity index is 414. The molecule has 2 rings (SSSR count). The average Bonchev–Trinajstić information content (AvgIpc) is 2.74. The Balaban J connectivity index is 2.36. The summed E-state index contributed by atoms with van der Waals surface area (Å²) in [6.07, 6.45) is 6.62. The van der Waals surface area contributed by atoms with Crippen molar-refractivity contribution in [3.63, 3.8) is 0 Å². The van der Waals surface area contributed by atoms with Crippen LogP contribution in [0.1, 0.15) is 5.56 Å². The molecule has 0 saturated carbocycles. The fourth-order valence-corrected chi connectivity index (χ4v) is 1.58. The highest BCUT2D eigenvalue weighted by Gasteiger charge is 2.08. The van der Waals surface area contributed by atoms with Crippen LogP contribution in [0.3, 0.4) is 0 Å². The van der Waals surface area contributed by atoms with Crippen LogP contribution < -0.4 is 5.73 Å². The Kier molecular flexibility index (Phi) is 2.41. The standard InChI is InChI=1S/C11H14N2O/c1-13-6-3-10(8-13)11-9(2-5-12)4-7-14-11/h3-4,6-8H,2,5,12H2,1H3. The lowest BCUT2D eigenvalue weighted by atomic mass is 10.1. The number of hydrogen-bond donors (Lipinski definition) is 1. The second kappa shape index (κ2) is 3.72. The van der Waals surface area contributed by atoms with E-state index in [0.717, 1.165) is 17.7 Å². The molecular formula is C11H14N2O. The summed E-state index contributed by atoms with van der Waals surface area (Å²) >= 11 is 0. The zero-order valence-corrected chi connectivity index (χ0v) is 8.23. The van der Waals surface area contributed by atoms with Gasteiger partial charge in [-0.3, -0.25) is 0 Å². The van der Waals surface area contributed by atoms with E-state index in [9.17, 15) is 0 Å². The van der Waals surface area contributed by atoms with Gasteiger partial charge in [0.25, 0.3) is 0 Å². The molecule has 0 fully saturated rings. The van der Waals surface area contributed by atoms with Crippen molar-refractivity contribution in [3.05, 3.63) is 36.4 Å². The maximum absolute atomic E-state index is 5.53. The van der Waals surface area contributed by atoms with E-state index in [2.05, 4.69) is 0 Å². The Morgan fingerprint density at radius 1 is 1.43 bits per heavy atom. The lowest BCUT2D eigenvalue weighted by molar-refractivity contribution is 0.579. The first kappa shape index (κ1) is 9.09. The number of nitrogens with two attached hydrogens (primary N) is 1. The summed E-state index contributed by atoms with van der Waals surface area (Å²) in [6.45, 7) is 0.652. The Hall–Kier alpha value is -1.48. The zero-order chi connectivity index (χ0) is 9.97. The minimum absolute atomic E-state index is 0.652. The smallest absolute Gasteiger partial charge is 0.138 e. The molecule has 74 valence electrons. The number of rotatable bonds is 3. The van der Waals surface area contributed by atoms with E-state index in [1.54, 1.807) is 6.26 Å².